The van der Waals surface area contributed by atoms with E-state index in [0.29, 0.717) is 12.1 Å². The molecule has 0 aromatic rings. The van der Waals surface area contributed by atoms with Gasteiger partial charge in [0, 0.05) is 18.6 Å². The summed E-state index contributed by atoms with van der Waals surface area (Å²) in [6, 6.07) is 0.872. The van der Waals surface area contributed by atoms with Crippen LogP contribution in [0, 0.1) is 11.8 Å². The minimum absolute atomic E-state index is 0.118. The number of hydrogen-bond acceptors (Lipinski definition) is 2. The van der Waals surface area contributed by atoms with E-state index in [1.54, 1.807) is 0 Å². The minimum Gasteiger partial charge on any atom is -0.481 e. The molecule has 0 spiro atoms. The van der Waals surface area contributed by atoms with Crippen molar-refractivity contribution in [2.45, 2.75) is 58.0 Å². The van der Waals surface area contributed by atoms with E-state index in [1.807, 2.05) is 0 Å². The van der Waals surface area contributed by atoms with Crippen LogP contribution in [0.5, 0.6) is 0 Å². The van der Waals surface area contributed by atoms with Gasteiger partial charge in [-0.05, 0) is 38.5 Å². The van der Waals surface area contributed by atoms with Gasteiger partial charge in [-0.1, -0.05) is 13.3 Å². The molecule has 1 saturated carbocycles. The second kappa shape index (κ2) is 4.74. The van der Waals surface area contributed by atoms with E-state index in [1.165, 1.54) is 12.8 Å². The Bertz CT molecular complexity index is 267. The minimum atomic E-state index is -0.590. The van der Waals surface area contributed by atoms with Crippen LogP contribution in [0.3, 0.4) is 0 Å². The molecule has 2 rings (SSSR count). The lowest BCUT2D eigenvalue weighted by molar-refractivity contribution is -0.144. The SMILES string of the molecule is CC1CCC(C)N(C2CCCC2C(=O)O)C1. The highest BCUT2D eigenvalue weighted by atomic mass is 16.4. The molecule has 4 atom stereocenters. The lowest BCUT2D eigenvalue weighted by Gasteiger charge is -2.42. The second-order valence-electron chi connectivity index (χ2n) is 5.67. The normalized spacial score (nSPS) is 41.1. The van der Waals surface area contributed by atoms with Gasteiger partial charge in [-0.2, -0.15) is 0 Å². The first kappa shape index (κ1) is 11.9. The van der Waals surface area contributed by atoms with Gasteiger partial charge in [0.2, 0.25) is 0 Å². The van der Waals surface area contributed by atoms with Crippen LogP contribution in [0.25, 0.3) is 0 Å². The van der Waals surface area contributed by atoms with Crippen molar-refractivity contribution in [3.8, 4) is 0 Å². The smallest absolute Gasteiger partial charge is 0.308 e. The average molecular weight is 225 g/mol. The summed E-state index contributed by atoms with van der Waals surface area (Å²) in [5.41, 5.74) is 0. The maximum absolute atomic E-state index is 11.2. The highest BCUT2D eigenvalue weighted by Gasteiger charge is 2.39. The highest BCUT2D eigenvalue weighted by molar-refractivity contribution is 5.71. The summed E-state index contributed by atoms with van der Waals surface area (Å²) in [5, 5.41) is 9.24. The molecule has 2 aliphatic rings. The highest BCUT2D eigenvalue weighted by Crippen LogP contribution is 2.35. The quantitative estimate of drug-likeness (QED) is 0.784. The lowest BCUT2D eigenvalue weighted by Crippen LogP contribution is -2.50. The van der Waals surface area contributed by atoms with E-state index in [9.17, 15) is 9.90 Å². The van der Waals surface area contributed by atoms with Crippen LogP contribution in [0.15, 0.2) is 0 Å². The summed E-state index contributed by atoms with van der Waals surface area (Å²) in [6.45, 7) is 5.63. The topological polar surface area (TPSA) is 40.5 Å². The zero-order chi connectivity index (χ0) is 11.7. The molecule has 1 aliphatic heterocycles. The molecule has 0 aromatic heterocycles. The molecule has 1 N–H and O–H groups in total. The van der Waals surface area contributed by atoms with Crippen molar-refractivity contribution in [1.29, 1.82) is 0 Å². The van der Waals surface area contributed by atoms with Crippen LogP contribution in [0.4, 0.5) is 0 Å². The molecule has 1 saturated heterocycles. The maximum atomic E-state index is 11.2. The third-order valence-electron chi connectivity index (χ3n) is 4.39. The first-order valence-electron chi connectivity index (χ1n) is 6.58. The number of carbonyl (C=O) groups is 1. The van der Waals surface area contributed by atoms with Crippen molar-refractivity contribution in [3.05, 3.63) is 0 Å². The molecule has 16 heavy (non-hydrogen) atoms. The van der Waals surface area contributed by atoms with Crippen LogP contribution in [-0.2, 0) is 4.79 Å². The fourth-order valence-electron chi connectivity index (χ4n) is 3.41. The molecule has 0 amide bonds. The van der Waals surface area contributed by atoms with Crippen molar-refractivity contribution in [2.24, 2.45) is 11.8 Å². The zero-order valence-corrected chi connectivity index (χ0v) is 10.4. The van der Waals surface area contributed by atoms with E-state index < -0.39 is 5.97 Å². The van der Waals surface area contributed by atoms with Crippen molar-refractivity contribution < 1.29 is 9.90 Å². The first-order chi connectivity index (χ1) is 7.59. The van der Waals surface area contributed by atoms with Crippen LogP contribution in [0.2, 0.25) is 0 Å². The van der Waals surface area contributed by atoms with E-state index in [2.05, 4.69) is 18.7 Å². The van der Waals surface area contributed by atoms with Gasteiger partial charge in [0.1, 0.15) is 0 Å². The molecule has 1 aliphatic carbocycles. The van der Waals surface area contributed by atoms with E-state index >= 15 is 0 Å². The molecular weight excluding hydrogens is 202 g/mol. The third-order valence-corrected chi connectivity index (χ3v) is 4.39. The second-order valence-corrected chi connectivity index (χ2v) is 5.67. The Labute approximate surface area is 97.8 Å². The summed E-state index contributed by atoms with van der Waals surface area (Å²) in [5.74, 6) is 0.0203. The van der Waals surface area contributed by atoms with Gasteiger partial charge in [0.15, 0.2) is 0 Å². The van der Waals surface area contributed by atoms with Crippen molar-refractivity contribution in [1.82, 2.24) is 4.90 Å². The van der Waals surface area contributed by atoms with E-state index in [0.717, 1.165) is 31.7 Å². The number of hydrogen-bond donors (Lipinski definition) is 1. The Kier molecular flexibility index (Phi) is 3.53. The number of likely N-dealkylation sites (tertiary alicyclic amines) is 1. The monoisotopic (exact) mass is 225 g/mol. The third kappa shape index (κ3) is 2.24. The van der Waals surface area contributed by atoms with Gasteiger partial charge in [0.05, 0.1) is 5.92 Å². The van der Waals surface area contributed by atoms with Crippen LogP contribution in [0.1, 0.15) is 46.0 Å². The van der Waals surface area contributed by atoms with Gasteiger partial charge in [-0.25, -0.2) is 0 Å². The van der Waals surface area contributed by atoms with Gasteiger partial charge in [-0.3, -0.25) is 9.69 Å². The predicted octanol–water partition coefficient (Wildman–Crippen LogP) is 2.36. The Morgan fingerprint density at radius 1 is 1.19 bits per heavy atom. The fourth-order valence-corrected chi connectivity index (χ4v) is 3.41. The standard InChI is InChI=1S/C13H23NO2/c1-9-6-7-10(2)14(8-9)12-5-3-4-11(12)13(15)16/h9-12H,3-8H2,1-2H3,(H,15,16). The van der Waals surface area contributed by atoms with E-state index in [-0.39, 0.29) is 5.92 Å². The van der Waals surface area contributed by atoms with Crippen molar-refractivity contribution >= 4 is 5.97 Å². The molecule has 4 unspecified atom stereocenters. The summed E-state index contributed by atoms with van der Waals surface area (Å²) in [4.78, 5) is 13.7. The number of carboxylic acids is 1. The van der Waals surface area contributed by atoms with Gasteiger partial charge in [0.25, 0.3) is 0 Å². The number of rotatable bonds is 2. The van der Waals surface area contributed by atoms with Gasteiger partial charge >= 0.3 is 5.97 Å². The Hall–Kier alpha value is -0.570. The fraction of sp³-hybridized carbons (Fsp3) is 0.923. The Balaban J connectivity index is 2.07. The average Bonchev–Trinajstić information content (AvgIpc) is 2.70. The zero-order valence-electron chi connectivity index (χ0n) is 10.4. The largest absolute Gasteiger partial charge is 0.481 e. The van der Waals surface area contributed by atoms with Crippen molar-refractivity contribution in [3.63, 3.8) is 0 Å². The molecule has 3 nitrogen and oxygen atoms in total. The number of nitrogens with zero attached hydrogens (tertiary/aromatic N) is 1. The molecular formula is C13H23NO2. The van der Waals surface area contributed by atoms with Gasteiger partial charge < -0.3 is 5.11 Å². The Morgan fingerprint density at radius 2 is 1.94 bits per heavy atom. The molecule has 0 bridgehead atoms. The Morgan fingerprint density at radius 3 is 2.62 bits per heavy atom. The predicted molar refractivity (Wildman–Crippen MR) is 63.3 cm³/mol. The number of carboxylic acid groups (broad SMARTS) is 1. The number of piperidine rings is 1. The summed E-state index contributed by atoms with van der Waals surface area (Å²) in [6.07, 6.45) is 5.55. The molecule has 92 valence electrons. The molecule has 2 fully saturated rings. The van der Waals surface area contributed by atoms with Crippen LogP contribution in [-0.4, -0.2) is 34.6 Å². The summed E-state index contributed by atoms with van der Waals surface area (Å²) < 4.78 is 0. The summed E-state index contributed by atoms with van der Waals surface area (Å²) in [7, 11) is 0. The number of aliphatic carboxylic acids is 1. The van der Waals surface area contributed by atoms with Crippen LogP contribution < -0.4 is 0 Å². The van der Waals surface area contributed by atoms with Crippen molar-refractivity contribution in [2.75, 3.05) is 6.54 Å². The summed E-state index contributed by atoms with van der Waals surface area (Å²) >= 11 is 0. The molecule has 0 radical (unpaired) electrons. The van der Waals surface area contributed by atoms with Gasteiger partial charge in [-0.15, -0.1) is 0 Å². The maximum Gasteiger partial charge on any atom is 0.308 e. The molecule has 3 heteroatoms. The molecule has 0 aromatic carbocycles. The lowest BCUT2D eigenvalue weighted by atomic mass is 9.91. The van der Waals surface area contributed by atoms with E-state index in [4.69, 9.17) is 0 Å². The van der Waals surface area contributed by atoms with Crippen LogP contribution >= 0.6 is 0 Å². The molecule has 1 heterocycles. The first-order valence-corrected chi connectivity index (χ1v) is 6.58.